The van der Waals surface area contributed by atoms with Gasteiger partial charge in [-0.2, -0.15) is 0 Å². The predicted molar refractivity (Wildman–Crippen MR) is 43.9 cm³/mol. The molecule has 0 radical (unpaired) electrons. The van der Waals surface area contributed by atoms with Crippen LogP contribution in [0.5, 0.6) is 0 Å². The molecular formula is C8H15Cl. The van der Waals surface area contributed by atoms with Crippen molar-refractivity contribution < 1.29 is 0 Å². The highest BCUT2D eigenvalue weighted by Gasteiger charge is 2.05. The molecule has 1 heteroatoms. The molecular weight excluding hydrogens is 132 g/mol. The van der Waals surface area contributed by atoms with Crippen LogP contribution in [-0.2, 0) is 0 Å². The Hall–Kier alpha value is 0.0300. The molecule has 9 heavy (non-hydrogen) atoms. The van der Waals surface area contributed by atoms with Gasteiger partial charge < -0.3 is 0 Å². The van der Waals surface area contributed by atoms with Gasteiger partial charge in [0, 0.05) is 5.88 Å². The van der Waals surface area contributed by atoms with E-state index in [9.17, 15) is 0 Å². The number of alkyl halides is 1. The molecule has 0 saturated heterocycles. The van der Waals surface area contributed by atoms with E-state index in [4.69, 9.17) is 11.6 Å². The van der Waals surface area contributed by atoms with Crippen molar-refractivity contribution in [2.75, 3.05) is 5.88 Å². The van der Waals surface area contributed by atoms with Gasteiger partial charge in [0.25, 0.3) is 0 Å². The van der Waals surface area contributed by atoms with Gasteiger partial charge in [-0.15, -0.1) is 11.6 Å². The summed E-state index contributed by atoms with van der Waals surface area (Å²) in [4.78, 5) is 0. The zero-order valence-corrected chi connectivity index (χ0v) is 7.04. The van der Waals surface area contributed by atoms with E-state index in [0.29, 0.717) is 11.8 Å². The van der Waals surface area contributed by atoms with E-state index in [1.165, 1.54) is 18.4 Å². The number of hydrogen-bond donors (Lipinski definition) is 0. The standard InChI is InChI=1S/C8H15Cl/c1-4-8(5-2)7(3)6-9/h8H,3-6H2,1-2H3. The number of hydrogen-bond acceptors (Lipinski definition) is 0. The fourth-order valence-electron chi connectivity index (χ4n) is 0.975. The molecule has 0 aliphatic carbocycles. The molecule has 0 bridgehead atoms. The summed E-state index contributed by atoms with van der Waals surface area (Å²) >= 11 is 5.60. The maximum absolute atomic E-state index is 5.60. The van der Waals surface area contributed by atoms with Gasteiger partial charge in [0.1, 0.15) is 0 Å². The monoisotopic (exact) mass is 146 g/mol. The smallest absolute Gasteiger partial charge is 0.0433 e. The molecule has 0 N–H and O–H groups in total. The summed E-state index contributed by atoms with van der Waals surface area (Å²) in [7, 11) is 0. The summed E-state index contributed by atoms with van der Waals surface area (Å²) in [5, 5.41) is 0. The molecule has 54 valence electrons. The van der Waals surface area contributed by atoms with Crippen molar-refractivity contribution in [2.24, 2.45) is 5.92 Å². The minimum Gasteiger partial charge on any atom is -0.122 e. The quantitative estimate of drug-likeness (QED) is 0.422. The normalized spacial score (nSPS) is 10.2. The van der Waals surface area contributed by atoms with Gasteiger partial charge in [-0.25, -0.2) is 0 Å². The summed E-state index contributed by atoms with van der Waals surface area (Å²) in [6.45, 7) is 8.23. The second kappa shape index (κ2) is 4.87. The Kier molecular flexibility index (Phi) is 4.88. The van der Waals surface area contributed by atoms with Crippen molar-refractivity contribution in [3.8, 4) is 0 Å². The lowest BCUT2D eigenvalue weighted by Crippen LogP contribution is -2.00. The molecule has 0 nitrogen and oxygen atoms in total. The van der Waals surface area contributed by atoms with Crippen molar-refractivity contribution in [1.29, 1.82) is 0 Å². The molecule has 0 aliphatic rings. The Bertz CT molecular complexity index is 82.6. The van der Waals surface area contributed by atoms with Crippen LogP contribution in [0.25, 0.3) is 0 Å². The summed E-state index contributed by atoms with van der Waals surface area (Å²) in [6, 6.07) is 0. The Morgan fingerprint density at radius 2 is 1.89 bits per heavy atom. The molecule has 0 unspecified atom stereocenters. The fourth-order valence-corrected chi connectivity index (χ4v) is 1.19. The molecule has 0 amide bonds. The van der Waals surface area contributed by atoms with E-state index < -0.39 is 0 Å². The average molecular weight is 147 g/mol. The van der Waals surface area contributed by atoms with E-state index in [1.807, 2.05) is 0 Å². The van der Waals surface area contributed by atoms with Crippen LogP contribution < -0.4 is 0 Å². The SMILES string of the molecule is C=C(CCl)C(CC)CC. The van der Waals surface area contributed by atoms with E-state index in [0.717, 1.165) is 0 Å². The van der Waals surface area contributed by atoms with Crippen LogP contribution in [0.3, 0.4) is 0 Å². The molecule has 0 fully saturated rings. The Balaban J connectivity index is 3.64. The van der Waals surface area contributed by atoms with Crippen LogP contribution >= 0.6 is 11.6 Å². The van der Waals surface area contributed by atoms with Gasteiger partial charge in [-0.05, 0) is 18.8 Å². The summed E-state index contributed by atoms with van der Waals surface area (Å²) in [6.07, 6.45) is 2.34. The van der Waals surface area contributed by atoms with Crippen LogP contribution in [-0.4, -0.2) is 5.88 Å². The van der Waals surface area contributed by atoms with E-state index in [2.05, 4.69) is 20.4 Å². The first kappa shape index (κ1) is 9.03. The molecule has 0 saturated carbocycles. The zero-order valence-electron chi connectivity index (χ0n) is 6.28. The Morgan fingerprint density at radius 3 is 2.00 bits per heavy atom. The lowest BCUT2D eigenvalue weighted by Gasteiger charge is -2.11. The molecule has 0 heterocycles. The van der Waals surface area contributed by atoms with Crippen LogP contribution in [0, 0.1) is 5.92 Å². The third-order valence-electron chi connectivity index (χ3n) is 1.73. The molecule has 0 aromatic rings. The van der Waals surface area contributed by atoms with E-state index in [1.54, 1.807) is 0 Å². The van der Waals surface area contributed by atoms with E-state index >= 15 is 0 Å². The summed E-state index contributed by atoms with van der Waals surface area (Å²) in [5.74, 6) is 1.26. The molecule has 0 atom stereocenters. The second-order valence-electron chi connectivity index (χ2n) is 2.31. The zero-order chi connectivity index (χ0) is 7.28. The van der Waals surface area contributed by atoms with Gasteiger partial charge in [0.2, 0.25) is 0 Å². The predicted octanol–water partition coefficient (Wildman–Crippen LogP) is 3.22. The number of rotatable bonds is 4. The maximum Gasteiger partial charge on any atom is 0.0433 e. The van der Waals surface area contributed by atoms with Crippen molar-refractivity contribution in [3.63, 3.8) is 0 Å². The topological polar surface area (TPSA) is 0 Å². The minimum absolute atomic E-state index is 0.617. The van der Waals surface area contributed by atoms with E-state index in [-0.39, 0.29) is 0 Å². The lowest BCUT2D eigenvalue weighted by molar-refractivity contribution is 0.575. The Morgan fingerprint density at radius 1 is 1.44 bits per heavy atom. The second-order valence-corrected chi connectivity index (χ2v) is 2.57. The summed E-state index contributed by atoms with van der Waals surface area (Å²) in [5.41, 5.74) is 1.18. The van der Waals surface area contributed by atoms with Crippen LogP contribution in [0.2, 0.25) is 0 Å². The molecule has 0 aromatic heterocycles. The molecule has 0 spiro atoms. The number of halogens is 1. The van der Waals surface area contributed by atoms with Gasteiger partial charge in [-0.3, -0.25) is 0 Å². The molecule has 0 rings (SSSR count). The first-order chi connectivity index (χ1) is 4.26. The highest BCUT2D eigenvalue weighted by molar-refractivity contribution is 6.19. The molecule has 0 aliphatic heterocycles. The third-order valence-corrected chi connectivity index (χ3v) is 2.08. The highest BCUT2D eigenvalue weighted by atomic mass is 35.5. The van der Waals surface area contributed by atoms with Gasteiger partial charge >= 0.3 is 0 Å². The van der Waals surface area contributed by atoms with Crippen LogP contribution in [0.4, 0.5) is 0 Å². The lowest BCUT2D eigenvalue weighted by atomic mass is 9.96. The van der Waals surface area contributed by atoms with Crippen molar-refractivity contribution in [1.82, 2.24) is 0 Å². The van der Waals surface area contributed by atoms with Gasteiger partial charge in [0.05, 0.1) is 0 Å². The number of allylic oxidation sites excluding steroid dienone is 1. The largest absolute Gasteiger partial charge is 0.122 e. The van der Waals surface area contributed by atoms with Gasteiger partial charge in [-0.1, -0.05) is 26.0 Å². The summed E-state index contributed by atoms with van der Waals surface area (Å²) < 4.78 is 0. The average Bonchev–Trinajstić information content (AvgIpc) is 1.90. The van der Waals surface area contributed by atoms with Gasteiger partial charge in [0.15, 0.2) is 0 Å². The molecule has 0 aromatic carbocycles. The first-order valence-electron chi connectivity index (χ1n) is 3.49. The fraction of sp³-hybridized carbons (Fsp3) is 0.750. The van der Waals surface area contributed by atoms with Crippen molar-refractivity contribution in [3.05, 3.63) is 12.2 Å². The minimum atomic E-state index is 0.617. The van der Waals surface area contributed by atoms with Crippen LogP contribution in [0.1, 0.15) is 26.7 Å². The highest BCUT2D eigenvalue weighted by Crippen LogP contribution is 2.17. The third kappa shape index (κ3) is 2.90. The Labute approximate surface area is 62.9 Å². The van der Waals surface area contributed by atoms with Crippen LogP contribution in [0.15, 0.2) is 12.2 Å². The first-order valence-corrected chi connectivity index (χ1v) is 4.03. The maximum atomic E-state index is 5.60. The van der Waals surface area contributed by atoms with Crippen molar-refractivity contribution >= 4 is 11.6 Å². The van der Waals surface area contributed by atoms with Crippen molar-refractivity contribution in [2.45, 2.75) is 26.7 Å².